The number of carbonyl (C=O) groups is 1. The van der Waals surface area contributed by atoms with Crippen molar-refractivity contribution < 1.29 is 4.79 Å². The molecule has 1 aromatic carbocycles. The summed E-state index contributed by atoms with van der Waals surface area (Å²) in [7, 11) is 0. The molecule has 1 heterocycles. The minimum absolute atomic E-state index is 0.0889. The van der Waals surface area contributed by atoms with Crippen molar-refractivity contribution in [1.82, 2.24) is 5.32 Å². The van der Waals surface area contributed by atoms with Gasteiger partial charge in [-0.25, -0.2) is 0 Å². The molecule has 0 aliphatic carbocycles. The number of hydrogen-bond donors (Lipinski definition) is 2. The molecule has 0 aromatic heterocycles. The summed E-state index contributed by atoms with van der Waals surface area (Å²) in [5, 5.41) is 6.88. The van der Waals surface area contributed by atoms with Crippen molar-refractivity contribution in [3.63, 3.8) is 0 Å². The second-order valence-corrected chi connectivity index (χ2v) is 4.29. The molecule has 15 heavy (non-hydrogen) atoms. The number of nitrogens with one attached hydrogen (secondary N) is 2. The third-order valence-corrected chi connectivity index (χ3v) is 2.89. The van der Waals surface area contributed by atoms with E-state index in [1.165, 1.54) is 0 Å². The molecule has 0 bridgehead atoms. The average molecular weight is 225 g/mol. The molecule has 0 saturated carbocycles. The molecule has 1 aliphatic heterocycles. The molecule has 2 atom stereocenters. The highest BCUT2D eigenvalue weighted by molar-refractivity contribution is 6.30. The molecule has 1 aromatic rings. The summed E-state index contributed by atoms with van der Waals surface area (Å²) in [6, 6.07) is 6.13. The first-order valence-corrected chi connectivity index (χ1v) is 5.34. The first-order valence-electron chi connectivity index (χ1n) is 4.96. The van der Waals surface area contributed by atoms with Gasteiger partial charge >= 0.3 is 0 Å². The van der Waals surface area contributed by atoms with Crippen LogP contribution in [0.2, 0.25) is 5.02 Å². The van der Waals surface area contributed by atoms with Gasteiger partial charge in [0.15, 0.2) is 0 Å². The van der Waals surface area contributed by atoms with Gasteiger partial charge in [-0.05, 0) is 31.0 Å². The molecule has 2 rings (SSSR count). The fourth-order valence-corrected chi connectivity index (χ4v) is 2.17. The van der Waals surface area contributed by atoms with E-state index in [1.54, 1.807) is 0 Å². The quantitative estimate of drug-likeness (QED) is 0.758. The van der Waals surface area contributed by atoms with Crippen LogP contribution in [0.15, 0.2) is 18.2 Å². The monoisotopic (exact) mass is 224 g/mol. The highest BCUT2D eigenvalue weighted by Crippen LogP contribution is 2.33. The van der Waals surface area contributed by atoms with E-state index in [-0.39, 0.29) is 6.04 Å². The fraction of sp³-hybridized carbons (Fsp3) is 0.364. The van der Waals surface area contributed by atoms with Crippen LogP contribution in [0.25, 0.3) is 0 Å². The Morgan fingerprint density at radius 3 is 3.13 bits per heavy atom. The van der Waals surface area contributed by atoms with Crippen LogP contribution in [0.3, 0.4) is 0 Å². The van der Waals surface area contributed by atoms with Gasteiger partial charge in [-0.3, -0.25) is 4.79 Å². The predicted molar refractivity (Wildman–Crippen MR) is 61.1 cm³/mol. The van der Waals surface area contributed by atoms with E-state index in [1.807, 2.05) is 18.2 Å². The average Bonchev–Trinajstić information content (AvgIpc) is 2.17. The summed E-state index contributed by atoms with van der Waals surface area (Å²) in [6.45, 7) is 2.09. The smallest absolute Gasteiger partial charge is 0.207 e. The lowest BCUT2D eigenvalue weighted by molar-refractivity contribution is -0.110. The van der Waals surface area contributed by atoms with Gasteiger partial charge in [-0.2, -0.15) is 0 Å². The fourth-order valence-electron chi connectivity index (χ4n) is 2.00. The summed E-state index contributed by atoms with van der Waals surface area (Å²) < 4.78 is 0. The summed E-state index contributed by atoms with van der Waals surface area (Å²) in [5.41, 5.74) is 2.12. The van der Waals surface area contributed by atoms with Crippen LogP contribution in [0.5, 0.6) is 0 Å². The Hall–Kier alpha value is -1.22. The van der Waals surface area contributed by atoms with Crippen LogP contribution in [0.1, 0.15) is 24.9 Å². The van der Waals surface area contributed by atoms with Gasteiger partial charge in [0, 0.05) is 16.8 Å². The van der Waals surface area contributed by atoms with Crippen molar-refractivity contribution in [1.29, 1.82) is 0 Å². The molecule has 4 heteroatoms. The lowest BCUT2D eigenvalue weighted by Gasteiger charge is -2.31. The van der Waals surface area contributed by atoms with Crippen LogP contribution in [-0.4, -0.2) is 12.5 Å². The lowest BCUT2D eigenvalue weighted by atomic mass is 9.94. The molecule has 0 radical (unpaired) electrons. The Bertz CT molecular complexity index is 381. The number of benzene rings is 1. The van der Waals surface area contributed by atoms with Gasteiger partial charge in [0.1, 0.15) is 0 Å². The molecule has 0 saturated heterocycles. The van der Waals surface area contributed by atoms with Crippen LogP contribution >= 0.6 is 11.6 Å². The van der Waals surface area contributed by atoms with E-state index in [2.05, 4.69) is 17.6 Å². The largest absolute Gasteiger partial charge is 0.382 e. The first kappa shape index (κ1) is 10.3. The topological polar surface area (TPSA) is 41.1 Å². The van der Waals surface area contributed by atoms with Crippen LogP contribution < -0.4 is 10.6 Å². The molecular formula is C11H13ClN2O. The van der Waals surface area contributed by atoms with Gasteiger partial charge in [-0.1, -0.05) is 17.7 Å². The third kappa shape index (κ3) is 2.07. The van der Waals surface area contributed by atoms with Crippen LogP contribution in [-0.2, 0) is 4.79 Å². The minimum atomic E-state index is 0.0889. The number of carbonyl (C=O) groups excluding carboxylic acids is 1. The maximum atomic E-state index is 10.5. The van der Waals surface area contributed by atoms with E-state index in [0.29, 0.717) is 11.1 Å². The summed E-state index contributed by atoms with van der Waals surface area (Å²) in [4.78, 5) is 10.5. The van der Waals surface area contributed by atoms with Crippen molar-refractivity contribution in [3.8, 4) is 0 Å². The molecule has 0 unspecified atom stereocenters. The number of anilines is 1. The highest BCUT2D eigenvalue weighted by Gasteiger charge is 2.23. The Morgan fingerprint density at radius 2 is 2.40 bits per heavy atom. The lowest BCUT2D eigenvalue weighted by Crippen LogP contribution is -2.32. The zero-order chi connectivity index (χ0) is 10.8. The molecule has 0 spiro atoms. The van der Waals surface area contributed by atoms with E-state index >= 15 is 0 Å². The second-order valence-electron chi connectivity index (χ2n) is 3.85. The highest BCUT2D eigenvalue weighted by atomic mass is 35.5. The Morgan fingerprint density at radius 1 is 1.60 bits per heavy atom. The molecule has 1 aliphatic rings. The molecule has 0 fully saturated rings. The molecule has 1 amide bonds. The number of fused-ring (bicyclic) bond motifs is 1. The summed E-state index contributed by atoms with van der Waals surface area (Å²) >= 11 is 5.92. The van der Waals surface area contributed by atoms with Gasteiger partial charge in [-0.15, -0.1) is 0 Å². The summed E-state index contributed by atoms with van der Waals surface area (Å²) in [5.74, 6) is 0. The van der Waals surface area contributed by atoms with Gasteiger partial charge < -0.3 is 10.6 Å². The van der Waals surface area contributed by atoms with Crippen molar-refractivity contribution in [2.24, 2.45) is 0 Å². The minimum Gasteiger partial charge on any atom is -0.382 e. The molecular weight excluding hydrogens is 212 g/mol. The zero-order valence-corrected chi connectivity index (χ0v) is 9.21. The van der Waals surface area contributed by atoms with E-state index in [0.717, 1.165) is 24.1 Å². The third-order valence-electron chi connectivity index (χ3n) is 2.65. The molecule has 3 nitrogen and oxygen atoms in total. The second kappa shape index (κ2) is 4.11. The van der Waals surface area contributed by atoms with Crippen LogP contribution in [0.4, 0.5) is 5.69 Å². The first-order chi connectivity index (χ1) is 7.20. The Labute approximate surface area is 93.8 Å². The van der Waals surface area contributed by atoms with Crippen molar-refractivity contribution in [2.45, 2.75) is 25.4 Å². The Balaban J connectivity index is 2.37. The maximum Gasteiger partial charge on any atom is 0.207 e. The number of rotatable bonds is 2. The standard InChI is InChI=1S/C11H13ClN2O/c1-7-4-10(13-6-15)9-3-2-8(12)5-11(9)14-7/h2-3,5-7,10,14H,4H2,1H3,(H,13,15)/t7-,10+/m0/s1. The van der Waals surface area contributed by atoms with Crippen molar-refractivity contribution >= 4 is 23.7 Å². The zero-order valence-electron chi connectivity index (χ0n) is 8.46. The normalized spacial score (nSPS) is 23.9. The van der Waals surface area contributed by atoms with Crippen LogP contribution in [0, 0.1) is 0 Å². The van der Waals surface area contributed by atoms with Crippen molar-refractivity contribution in [3.05, 3.63) is 28.8 Å². The number of amides is 1. The van der Waals surface area contributed by atoms with E-state index < -0.39 is 0 Å². The SMILES string of the molecule is C[C@H]1C[C@@H](NC=O)c2ccc(Cl)cc2N1. The van der Waals surface area contributed by atoms with Gasteiger partial charge in [0.25, 0.3) is 0 Å². The predicted octanol–water partition coefficient (Wildman–Crippen LogP) is 2.33. The summed E-state index contributed by atoms with van der Waals surface area (Å²) in [6.07, 6.45) is 1.65. The Kier molecular flexibility index (Phi) is 2.82. The van der Waals surface area contributed by atoms with Gasteiger partial charge in [0.05, 0.1) is 6.04 Å². The van der Waals surface area contributed by atoms with Crippen molar-refractivity contribution in [2.75, 3.05) is 5.32 Å². The van der Waals surface area contributed by atoms with E-state index in [4.69, 9.17) is 11.6 Å². The number of halogens is 1. The van der Waals surface area contributed by atoms with E-state index in [9.17, 15) is 4.79 Å². The number of hydrogen-bond acceptors (Lipinski definition) is 2. The maximum absolute atomic E-state index is 10.5. The van der Waals surface area contributed by atoms with Gasteiger partial charge in [0.2, 0.25) is 6.41 Å². The molecule has 2 N–H and O–H groups in total. The molecule has 80 valence electrons.